The normalized spacial score (nSPS) is 11.2. The van der Waals surface area contributed by atoms with Crippen molar-refractivity contribution in [3.05, 3.63) is 0 Å². The van der Waals surface area contributed by atoms with Gasteiger partial charge in [-0.05, 0) is 6.54 Å². The summed E-state index contributed by atoms with van der Waals surface area (Å²) in [6.07, 6.45) is 1.14. The first-order chi connectivity index (χ1) is 3.91. The molecule has 0 aromatic heterocycles. The van der Waals surface area contributed by atoms with Crippen LogP contribution in [0.5, 0.6) is 0 Å². The molecule has 1 atom stereocenters. The minimum absolute atomic E-state index is 0.662. The maximum atomic E-state index is 4.88. The first kappa shape index (κ1) is 8.35. The van der Waals surface area contributed by atoms with E-state index in [1.165, 1.54) is 0 Å². The zero-order valence-electron chi connectivity index (χ0n) is 5.53. The summed E-state index contributed by atoms with van der Waals surface area (Å²) in [5, 5.41) is 3.21. The molecule has 0 aliphatic carbocycles. The third-order valence-electron chi connectivity index (χ3n) is 0.798. The molecule has 1 N–H and O–H groups in total. The summed E-state index contributed by atoms with van der Waals surface area (Å²) in [6.45, 7) is 4.26. The highest BCUT2D eigenvalue weighted by Gasteiger charge is 1.81. The summed E-state index contributed by atoms with van der Waals surface area (Å²) in [5.41, 5.74) is 0. The van der Waals surface area contributed by atoms with Crippen molar-refractivity contribution in [3.63, 3.8) is 0 Å². The number of hydrogen-bond acceptors (Lipinski definition) is 2. The SMILES string of the molecule is CCNCCPOC. The van der Waals surface area contributed by atoms with E-state index in [2.05, 4.69) is 12.2 Å². The molecule has 0 aliphatic heterocycles. The Hall–Kier alpha value is 0.350. The van der Waals surface area contributed by atoms with Crippen LogP contribution >= 0.6 is 8.81 Å². The summed E-state index contributed by atoms with van der Waals surface area (Å²) in [6, 6.07) is 0. The Morgan fingerprint density at radius 1 is 1.62 bits per heavy atom. The summed E-state index contributed by atoms with van der Waals surface area (Å²) >= 11 is 0. The molecule has 3 heteroatoms. The van der Waals surface area contributed by atoms with Crippen LogP contribution in [0.3, 0.4) is 0 Å². The second-order valence-electron chi connectivity index (χ2n) is 1.45. The van der Waals surface area contributed by atoms with E-state index in [-0.39, 0.29) is 0 Å². The van der Waals surface area contributed by atoms with E-state index in [1.54, 1.807) is 7.11 Å². The van der Waals surface area contributed by atoms with E-state index in [0.29, 0.717) is 8.81 Å². The fourth-order valence-electron chi connectivity index (χ4n) is 0.418. The fraction of sp³-hybridized carbons (Fsp3) is 1.00. The maximum absolute atomic E-state index is 4.88. The molecule has 0 saturated heterocycles. The van der Waals surface area contributed by atoms with Crippen molar-refractivity contribution < 1.29 is 4.52 Å². The van der Waals surface area contributed by atoms with Crippen molar-refractivity contribution in [2.75, 3.05) is 26.4 Å². The summed E-state index contributed by atoms with van der Waals surface area (Å²) in [7, 11) is 2.40. The molecule has 0 saturated carbocycles. The fourth-order valence-corrected chi connectivity index (χ4v) is 0.901. The van der Waals surface area contributed by atoms with Gasteiger partial charge in [0.2, 0.25) is 0 Å². The lowest BCUT2D eigenvalue weighted by Gasteiger charge is -1.97. The largest absolute Gasteiger partial charge is 0.366 e. The number of hydrogen-bond donors (Lipinski definition) is 1. The highest BCUT2D eigenvalue weighted by atomic mass is 31.1. The van der Waals surface area contributed by atoms with Gasteiger partial charge >= 0.3 is 0 Å². The smallest absolute Gasteiger partial charge is 0.0394 e. The van der Waals surface area contributed by atoms with Gasteiger partial charge in [-0.1, -0.05) is 6.92 Å². The first-order valence-electron chi connectivity index (χ1n) is 2.88. The van der Waals surface area contributed by atoms with Crippen molar-refractivity contribution in [1.29, 1.82) is 0 Å². The van der Waals surface area contributed by atoms with Crippen molar-refractivity contribution in [2.45, 2.75) is 6.92 Å². The van der Waals surface area contributed by atoms with Crippen LogP contribution in [0.2, 0.25) is 0 Å². The van der Waals surface area contributed by atoms with E-state index >= 15 is 0 Å². The standard InChI is InChI=1S/C5H14NOP/c1-3-6-4-5-8-7-2/h6,8H,3-5H2,1-2H3. The molecular weight excluding hydrogens is 121 g/mol. The molecule has 0 aliphatic rings. The topological polar surface area (TPSA) is 21.3 Å². The second kappa shape index (κ2) is 7.35. The lowest BCUT2D eigenvalue weighted by atomic mass is 10.7. The maximum Gasteiger partial charge on any atom is 0.0394 e. The lowest BCUT2D eigenvalue weighted by Crippen LogP contribution is -2.15. The summed E-state index contributed by atoms with van der Waals surface area (Å²) < 4.78 is 4.88. The monoisotopic (exact) mass is 135 g/mol. The first-order valence-corrected chi connectivity index (χ1v) is 4.00. The van der Waals surface area contributed by atoms with Crippen LogP contribution in [0.1, 0.15) is 6.92 Å². The van der Waals surface area contributed by atoms with Crippen LogP contribution in [0, 0.1) is 0 Å². The Bertz CT molecular complexity index is 37.4. The minimum atomic E-state index is 0.662. The predicted octanol–water partition coefficient (Wildman–Crippen LogP) is 0.836. The Morgan fingerprint density at radius 2 is 2.38 bits per heavy atom. The van der Waals surface area contributed by atoms with Crippen LogP contribution in [0.25, 0.3) is 0 Å². The molecule has 0 spiro atoms. The average molecular weight is 135 g/mol. The molecule has 0 radical (unpaired) electrons. The molecule has 0 aromatic rings. The van der Waals surface area contributed by atoms with Gasteiger partial charge in [0, 0.05) is 28.6 Å². The van der Waals surface area contributed by atoms with Crippen LogP contribution < -0.4 is 5.32 Å². The molecule has 0 aromatic carbocycles. The van der Waals surface area contributed by atoms with Gasteiger partial charge in [0.15, 0.2) is 0 Å². The summed E-state index contributed by atoms with van der Waals surface area (Å²) in [5.74, 6) is 0. The predicted molar refractivity (Wildman–Crippen MR) is 38.7 cm³/mol. The third-order valence-corrected chi connectivity index (χ3v) is 1.54. The quantitative estimate of drug-likeness (QED) is 0.445. The third kappa shape index (κ3) is 6.35. The molecule has 0 rings (SSSR count). The van der Waals surface area contributed by atoms with Crippen molar-refractivity contribution in [1.82, 2.24) is 5.32 Å². The van der Waals surface area contributed by atoms with Gasteiger partial charge in [0.25, 0.3) is 0 Å². The van der Waals surface area contributed by atoms with Crippen LogP contribution in [-0.2, 0) is 4.52 Å². The van der Waals surface area contributed by atoms with E-state index in [1.807, 2.05) is 0 Å². The molecular formula is C5H14NOP. The van der Waals surface area contributed by atoms with Gasteiger partial charge in [0.1, 0.15) is 0 Å². The van der Waals surface area contributed by atoms with Gasteiger partial charge in [-0.15, -0.1) is 0 Å². The van der Waals surface area contributed by atoms with Gasteiger partial charge in [-0.25, -0.2) is 0 Å². The van der Waals surface area contributed by atoms with E-state index in [0.717, 1.165) is 19.3 Å². The van der Waals surface area contributed by atoms with E-state index in [4.69, 9.17) is 4.52 Å². The van der Waals surface area contributed by atoms with Crippen molar-refractivity contribution in [2.24, 2.45) is 0 Å². The molecule has 8 heavy (non-hydrogen) atoms. The highest BCUT2D eigenvalue weighted by Crippen LogP contribution is 2.05. The zero-order valence-corrected chi connectivity index (χ0v) is 6.53. The highest BCUT2D eigenvalue weighted by molar-refractivity contribution is 7.32. The zero-order chi connectivity index (χ0) is 6.24. The average Bonchev–Trinajstić information content (AvgIpc) is 1.81. The summed E-state index contributed by atoms with van der Waals surface area (Å²) in [4.78, 5) is 0. The molecule has 50 valence electrons. The Labute approximate surface area is 52.9 Å². The number of nitrogens with one attached hydrogen (secondary N) is 1. The minimum Gasteiger partial charge on any atom is -0.366 e. The Kier molecular flexibility index (Phi) is 7.67. The molecule has 0 amide bonds. The molecule has 2 nitrogen and oxygen atoms in total. The molecule has 0 fully saturated rings. The van der Waals surface area contributed by atoms with Gasteiger partial charge in [-0.3, -0.25) is 0 Å². The Balaban J connectivity index is 2.53. The van der Waals surface area contributed by atoms with E-state index in [9.17, 15) is 0 Å². The van der Waals surface area contributed by atoms with Gasteiger partial charge in [-0.2, -0.15) is 0 Å². The van der Waals surface area contributed by atoms with Crippen LogP contribution in [-0.4, -0.2) is 26.4 Å². The van der Waals surface area contributed by atoms with Crippen molar-refractivity contribution in [3.8, 4) is 0 Å². The molecule has 0 heterocycles. The lowest BCUT2D eigenvalue weighted by molar-refractivity contribution is 0.474. The Morgan fingerprint density at radius 3 is 2.88 bits per heavy atom. The second-order valence-corrected chi connectivity index (χ2v) is 2.65. The van der Waals surface area contributed by atoms with Gasteiger partial charge < -0.3 is 9.84 Å². The number of rotatable bonds is 5. The molecule has 1 unspecified atom stereocenters. The molecule has 0 bridgehead atoms. The van der Waals surface area contributed by atoms with Crippen molar-refractivity contribution >= 4 is 8.81 Å². The van der Waals surface area contributed by atoms with Crippen LogP contribution in [0.15, 0.2) is 0 Å². The van der Waals surface area contributed by atoms with Gasteiger partial charge in [0.05, 0.1) is 0 Å². The van der Waals surface area contributed by atoms with E-state index < -0.39 is 0 Å². The van der Waals surface area contributed by atoms with Crippen LogP contribution in [0.4, 0.5) is 0 Å².